The fourth-order valence-corrected chi connectivity index (χ4v) is 2.87. The zero-order chi connectivity index (χ0) is 9.00. The molecule has 4 atom stereocenters. The van der Waals surface area contributed by atoms with E-state index in [1.165, 1.54) is 19.3 Å². The SMILES string of the molecule is NC1CC1NC(=O)C1C2CCCC21. The second kappa shape index (κ2) is 2.47. The van der Waals surface area contributed by atoms with Gasteiger partial charge >= 0.3 is 0 Å². The van der Waals surface area contributed by atoms with Crippen LogP contribution < -0.4 is 11.1 Å². The average molecular weight is 180 g/mol. The van der Waals surface area contributed by atoms with Gasteiger partial charge in [0.05, 0.1) is 0 Å². The van der Waals surface area contributed by atoms with Crippen molar-refractivity contribution in [3.8, 4) is 0 Å². The van der Waals surface area contributed by atoms with Crippen molar-refractivity contribution in [3.05, 3.63) is 0 Å². The van der Waals surface area contributed by atoms with Crippen molar-refractivity contribution in [2.75, 3.05) is 0 Å². The highest BCUT2D eigenvalue weighted by Crippen LogP contribution is 2.57. The number of fused-ring (bicyclic) bond motifs is 1. The molecule has 0 bridgehead atoms. The van der Waals surface area contributed by atoms with Gasteiger partial charge in [-0.15, -0.1) is 0 Å². The predicted molar refractivity (Wildman–Crippen MR) is 48.8 cm³/mol. The number of rotatable bonds is 2. The van der Waals surface area contributed by atoms with Crippen LogP contribution in [0.3, 0.4) is 0 Å². The molecule has 3 aliphatic carbocycles. The van der Waals surface area contributed by atoms with E-state index in [9.17, 15) is 4.79 Å². The summed E-state index contributed by atoms with van der Waals surface area (Å²) < 4.78 is 0. The van der Waals surface area contributed by atoms with Gasteiger partial charge in [-0.05, 0) is 31.1 Å². The van der Waals surface area contributed by atoms with Crippen LogP contribution >= 0.6 is 0 Å². The zero-order valence-electron chi connectivity index (χ0n) is 7.70. The van der Waals surface area contributed by atoms with Gasteiger partial charge in [0.25, 0.3) is 0 Å². The van der Waals surface area contributed by atoms with Crippen LogP contribution in [-0.4, -0.2) is 18.0 Å². The van der Waals surface area contributed by atoms with E-state index in [2.05, 4.69) is 5.32 Å². The fourth-order valence-electron chi connectivity index (χ4n) is 2.87. The number of nitrogens with two attached hydrogens (primary N) is 1. The van der Waals surface area contributed by atoms with Crippen molar-refractivity contribution in [1.29, 1.82) is 0 Å². The minimum atomic E-state index is 0.238. The highest BCUT2D eigenvalue weighted by molar-refractivity contribution is 5.83. The summed E-state index contributed by atoms with van der Waals surface area (Å²) in [6.45, 7) is 0. The zero-order valence-corrected chi connectivity index (χ0v) is 7.70. The lowest BCUT2D eigenvalue weighted by Crippen LogP contribution is -2.31. The first kappa shape index (κ1) is 7.80. The maximum Gasteiger partial charge on any atom is 0.223 e. The summed E-state index contributed by atoms with van der Waals surface area (Å²) in [6, 6.07) is 0.538. The van der Waals surface area contributed by atoms with Gasteiger partial charge in [-0.2, -0.15) is 0 Å². The first-order valence-electron chi connectivity index (χ1n) is 5.33. The number of carbonyl (C=O) groups is 1. The molecule has 0 radical (unpaired) electrons. The molecule has 3 N–H and O–H groups in total. The van der Waals surface area contributed by atoms with Crippen molar-refractivity contribution in [1.82, 2.24) is 5.32 Å². The molecule has 1 amide bonds. The van der Waals surface area contributed by atoms with Crippen molar-refractivity contribution in [3.63, 3.8) is 0 Å². The lowest BCUT2D eigenvalue weighted by Gasteiger charge is -2.04. The van der Waals surface area contributed by atoms with E-state index in [4.69, 9.17) is 5.73 Å². The molecule has 3 heteroatoms. The highest BCUT2D eigenvalue weighted by atomic mass is 16.2. The third kappa shape index (κ3) is 1.17. The van der Waals surface area contributed by atoms with E-state index in [-0.39, 0.29) is 11.9 Å². The number of amides is 1. The Labute approximate surface area is 78.1 Å². The maximum atomic E-state index is 11.6. The van der Waals surface area contributed by atoms with E-state index < -0.39 is 0 Å². The van der Waals surface area contributed by atoms with Crippen LogP contribution in [-0.2, 0) is 4.79 Å². The second-order valence-corrected chi connectivity index (χ2v) is 4.80. The Kier molecular flexibility index (Phi) is 1.48. The lowest BCUT2D eigenvalue weighted by molar-refractivity contribution is -0.123. The van der Waals surface area contributed by atoms with Crippen LogP contribution in [0, 0.1) is 17.8 Å². The smallest absolute Gasteiger partial charge is 0.223 e. The first-order valence-corrected chi connectivity index (χ1v) is 5.33. The minimum absolute atomic E-state index is 0.238. The highest BCUT2D eigenvalue weighted by Gasteiger charge is 2.57. The summed E-state index contributed by atoms with van der Waals surface area (Å²) in [5.41, 5.74) is 5.64. The fraction of sp³-hybridized carbons (Fsp3) is 0.900. The molecule has 0 saturated heterocycles. The molecule has 3 aliphatic rings. The second-order valence-electron chi connectivity index (χ2n) is 4.80. The summed E-state index contributed by atoms with van der Waals surface area (Å²) in [7, 11) is 0. The van der Waals surface area contributed by atoms with Crippen LogP contribution in [0.1, 0.15) is 25.7 Å². The van der Waals surface area contributed by atoms with E-state index in [1.807, 2.05) is 0 Å². The van der Waals surface area contributed by atoms with Crippen molar-refractivity contribution < 1.29 is 4.79 Å². The van der Waals surface area contributed by atoms with Gasteiger partial charge in [0.15, 0.2) is 0 Å². The Hall–Kier alpha value is -0.570. The lowest BCUT2D eigenvalue weighted by atomic mass is 10.1. The molecule has 0 aromatic heterocycles. The summed E-state index contributed by atoms with van der Waals surface area (Å²) in [5, 5.41) is 3.03. The molecule has 0 aliphatic heterocycles. The Bertz CT molecular complexity index is 243. The van der Waals surface area contributed by atoms with Gasteiger partial charge in [0.2, 0.25) is 5.91 Å². The van der Waals surface area contributed by atoms with Crippen LogP contribution in [0.2, 0.25) is 0 Å². The number of hydrogen-bond acceptors (Lipinski definition) is 2. The first-order chi connectivity index (χ1) is 6.27. The quantitative estimate of drug-likeness (QED) is 0.640. The molecule has 3 rings (SSSR count). The molecule has 4 unspecified atom stereocenters. The molecule has 3 saturated carbocycles. The summed E-state index contributed by atoms with van der Waals surface area (Å²) >= 11 is 0. The van der Waals surface area contributed by atoms with Crippen LogP contribution in [0.15, 0.2) is 0 Å². The number of nitrogens with one attached hydrogen (secondary N) is 1. The van der Waals surface area contributed by atoms with Gasteiger partial charge in [0, 0.05) is 18.0 Å². The molecule has 0 heterocycles. The van der Waals surface area contributed by atoms with Gasteiger partial charge in [-0.25, -0.2) is 0 Å². The van der Waals surface area contributed by atoms with Gasteiger partial charge in [0.1, 0.15) is 0 Å². The van der Waals surface area contributed by atoms with Crippen LogP contribution in [0.4, 0.5) is 0 Å². The molecule has 3 nitrogen and oxygen atoms in total. The van der Waals surface area contributed by atoms with E-state index in [0.717, 1.165) is 18.3 Å². The molecular formula is C10H16N2O. The topological polar surface area (TPSA) is 55.1 Å². The van der Waals surface area contributed by atoms with Gasteiger partial charge in [-0.3, -0.25) is 4.79 Å². The van der Waals surface area contributed by atoms with Crippen molar-refractivity contribution in [2.24, 2.45) is 23.5 Å². The molecular weight excluding hydrogens is 164 g/mol. The largest absolute Gasteiger partial charge is 0.351 e. The normalized spacial score (nSPS) is 51.3. The Morgan fingerprint density at radius 3 is 2.46 bits per heavy atom. The molecule has 13 heavy (non-hydrogen) atoms. The third-order valence-corrected chi connectivity index (χ3v) is 3.88. The maximum absolute atomic E-state index is 11.6. The average Bonchev–Trinajstić information content (AvgIpc) is 2.91. The monoisotopic (exact) mass is 180 g/mol. The van der Waals surface area contributed by atoms with Crippen molar-refractivity contribution in [2.45, 2.75) is 37.8 Å². The van der Waals surface area contributed by atoms with Crippen LogP contribution in [0.5, 0.6) is 0 Å². The molecule has 0 spiro atoms. The predicted octanol–water partition coefficient (Wildman–Crippen LogP) is 0.248. The minimum Gasteiger partial charge on any atom is -0.351 e. The molecule has 72 valence electrons. The Balaban J connectivity index is 1.53. The molecule has 3 fully saturated rings. The van der Waals surface area contributed by atoms with Gasteiger partial charge in [-0.1, -0.05) is 6.42 Å². The van der Waals surface area contributed by atoms with Gasteiger partial charge < -0.3 is 11.1 Å². The van der Waals surface area contributed by atoms with E-state index in [0.29, 0.717) is 12.0 Å². The number of carbonyl (C=O) groups excluding carboxylic acids is 1. The van der Waals surface area contributed by atoms with Crippen LogP contribution in [0.25, 0.3) is 0 Å². The van der Waals surface area contributed by atoms with Crippen molar-refractivity contribution >= 4 is 5.91 Å². The molecule has 0 aromatic rings. The summed E-state index contributed by atoms with van der Waals surface area (Å²) in [4.78, 5) is 11.6. The standard InChI is InChI=1S/C10H16N2O/c11-7-4-8(7)12-10(13)9-5-2-1-3-6(5)9/h5-9H,1-4,11H2,(H,12,13). The third-order valence-electron chi connectivity index (χ3n) is 3.88. The Morgan fingerprint density at radius 1 is 1.31 bits per heavy atom. The Morgan fingerprint density at radius 2 is 1.92 bits per heavy atom. The van der Waals surface area contributed by atoms with E-state index in [1.54, 1.807) is 0 Å². The summed E-state index contributed by atoms with van der Waals surface area (Å²) in [5.74, 6) is 2.11. The molecule has 0 aromatic carbocycles. The number of hydrogen-bond donors (Lipinski definition) is 2. The summed E-state index contributed by atoms with van der Waals surface area (Å²) in [6.07, 6.45) is 4.87. The van der Waals surface area contributed by atoms with E-state index >= 15 is 0 Å².